The highest BCUT2D eigenvalue weighted by atomic mass is 19.3. The largest absolute Gasteiger partial charge is 0.331 e. The van der Waals surface area contributed by atoms with Crippen molar-refractivity contribution >= 4 is 11.0 Å². The van der Waals surface area contributed by atoms with Gasteiger partial charge in [0.15, 0.2) is 0 Å². The van der Waals surface area contributed by atoms with Crippen LogP contribution in [-0.4, -0.2) is 30.2 Å². The van der Waals surface area contributed by atoms with E-state index < -0.39 is 12.5 Å². The standard InChI is InChI=1S/C21H18F2N6/c1-13-26-18-8-14(4-7-19(18)28(13)3)20-17(6-5-16(9-24)27-20)15-10-25-29(11-15)12-21(2,22)23/h4-8,10-11H,12H2,1-3H3. The van der Waals surface area contributed by atoms with E-state index >= 15 is 0 Å². The lowest BCUT2D eigenvalue weighted by atomic mass is 10.0. The zero-order valence-electron chi connectivity index (χ0n) is 16.2. The molecule has 0 amide bonds. The van der Waals surface area contributed by atoms with E-state index in [0.717, 1.165) is 29.3 Å². The van der Waals surface area contributed by atoms with Crippen LogP contribution in [0.15, 0.2) is 42.7 Å². The Balaban J connectivity index is 1.84. The normalized spacial score (nSPS) is 11.7. The molecule has 3 aromatic heterocycles. The van der Waals surface area contributed by atoms with Gasteiger partial charge in [-0.25, -0.2) is 18.7 Å². The minimum absolute atomic E-state index is 0.272. The molecule has 0 spiro atoms. The number of aryl methyl sites for hydroxylation is 2. The molecule has 0 fully saturated rings. The first kappa shape index (κ1) is 18.7. The molecule has 0 aliphatic rings. The van der Waals surface area contributed by atoms with Gasteiger partial charge in [-0.05, 0) is 31.2 Å². The van der Waals surface area contributed by atoms with Crippen molar-refractivity contribution in [3.8, 4) is 28.5 Å². The predicted octanol–water partition coefficient (Wildman–Crippen LogP) is 4.33. The molecular formula is C21H18F2N6. The molecule has 1 aromatic carbocycles. The molecule has 6 nitrogen and oxygen atoms in total. The molecule has 0 aliphatic carbocycles. The third-order valence-electron chi connectivity index (χ3n) is 4.77. The van der Waals surface area contributed by atoms with Crippen molar-refractivity contribution in [2.75, 3.05) is 0 Å². The first-order valence-corrected chi connectivity index (χ1v) is 9.00. The Labute approximate surface area is 166 Å². The number of nitriles is 1. The van der Waals surface area contributed by atoms with Gasteiger partial charge in [0.25, 0.3) is 5.92 Å². The van der Waals surface area contributed by atoms with E-state index in [2.05, 4.69) is 21.1 Å². The van der Waals surface area contributed by atoms with E-state index in [0.29, 0.717) is 16.8 Å². The number of hydrogen-bond acceptors (Lipinski definition) is 4. The van der Waals surface area contributed by atoms with Crippen LogP contribution in [0.4, 0.5) is 8.78 Å². The lowest BCUT2D eigenvalue weighted by molar-refractivity contribution is 0.000605. The quantitative estimate of drug-likeness (QED) is 0.518. The van der Waals surface area contributed by atoms with Gasteiger partial charge in [0.1, 0.15) is 24.1 Å². The van der Waals surface area contributed by atoms with Gasteiger partial charge >= 0.3 is 0 Å². The molecule has 29 heavy (non-hydrogen) atoms. The number of benzene rings is 1. The summed E-state index contributed by atoms with van der Waals surface area (Å²) in [5.74, 6) is -1.98. The summed E-state index contributed by atoms with van der Waals surface area (Å²) in [7, 11) is 1.95. The Morgan fingerprint density at radius 3 is 2.66 bits per heavy atom. The van der Waals surface area contributed by atoms with Crippen molar-refractivity contribution in [1.82, 2.24) is 24.3 Å². The van der Waals surface area contributed by atoms with Crippen LogP contribution < -0.4 is 0 Å². The monoisotopic (exact) mass is 392 g/mol. The molecule has 0 bridgehead atoms. The Morgan fingerprint density at radius 1 is 1.14 bits per heavy atom. The number of imidazole rings is 1. The van der Waals surface area contributed by atoms with Crippen LogP contribution in [0.5, 0.6) is 0 Å². The van der Waals surface area contributed by atoms with E-state index in [1.54, 1.807) is 18.3 Å². The predicted molar refractivity (Wildman–Crippen MR) is 105 cm³/mol. The molecule has 146 valence electrons. The van der Waals surface area contributed by atoms with E-state index in [1.165, 1.54) is 10.9 Å². The number of aromatic nitrogens is 5. The fourth-order valence-electron chi connectivity index (χ4n) is 3.32. The average molecular weight is 392 g/mol. The maximum atomic E-state index is 13.3. The second-order valence-electron chi connectivity index (χ2n) is 7.12. The van der Waals surface area contributed by atoms with Crippen LogP contribution in [0.2, 0.25) is 0 Å². The lowest BCUT2D eigenvalue weighted by Crippen LogP contribution is -2.19. The Morgan fingerprint density at radius 2 is 1.93 bits per heavy atom. The topological polar surface area (TPSA) is 72.3 Å². The number of rotatable bonds is 4. The summed E-state index contributed by atoms with van der Waals surface area (Å²) in [5.41, 5.74) is 4.81. The molecule has 0 atom stereocenters. The van der Waals surface area contributed by atoms with Crippen molar-refractivity contribution in [1.29, 1.82) is 5.26 Å². The maximum Gasteiger partial charge on any atom is 0.264 e. The van der Waals surface area contributed by atoms with Gasteiger partial charge in [0.2, 0.25) is 0 Å². The van der Waals surface area contributed by atoms with Crippen molar-refractivity contribution in [3.63, 3.8) is 0 Å². The molecule has 0 radical (unpaired) electrons. The number of nitrogens with zero attached hydrogens (tertiary/aromatic N) is 6. The summed E-state index contributed by atoms with van der Waals surface area (Å²) >= 11 is 0. The Bertz CT molecular complexity index is 1260. The van der Waals surface area contributed by atoms with Crippen molar-refractivity contribution in [2.45, 2.75) is 26.3 Å². The van der Waals surface area contributed by atoms with Crippen LogP contribution in [0.25, 0.3) is 33.4 Å². The van der Waals surface area contributed by atoms with Gasteiger partial charge in [-0.2, -0.15) is 10.4 Å². The minimum Gasteiger partial charge on any atom is -0.331 e. The highest BCUT2D eigenvalue weighted by Crippen LogP contribution is 2.32. The number of hydrogen-bond donors (Lipinski definition) is 0. The van der Waals surface area contributed by atoms with E-state index in [4.69, 9.17) is 0 Å². The molecule has 0 saturated carbocycles. The van der Waals surface area contributed by atoms with E-state index in [9.17, 15) is 14.0 Å². The van der Waals surface area contributed by atoms with Gasteiger partial charge in [0, 0.05) is 36.9 Å². The van der Waals surface area contributed by atoms with Gasteiger partial charge in [-0.3, -0.25) is 4.68 Å². The third-order valence-corrected chi connectivity index (χ3v) is 4.77. The number of fused-ring (bicyclic) bond motifs is 1. The molecule has 4 aromatic rings. The summed E-state index contributed by atoms with van der Waals surface area (Å²) in [4.78, 5) is 9.04. The molecule has 0 aliphatic heterocycles. The van der Waals surface area contributed by atoms with E-state index in [-0.39, 0.29) is 5.69 Å². The van der Waals surface area contributed by atoms with Crippen LogP contribution in [-0.2, 0) is 13.6 Å². The van der Waals surface area contributed by atoms with Gasteiger partial charge in [0.05, 0.1) is 22.9 Å². The maximum absolute atomic E-state index is 13.3. The molecule has 4 rings (SSSR count). The highest BCUT2D eigenvalue weighted by Gasteiger charge is 2.23. The van der Waals surface area contributed by atoms with Crippen LogP contribution in [0, 0.1) is 18.3 Å². The molecule has 0 saturated heterocycles. The second-order valence-corrected chi connectivity index (χ2v) is 7.12. The molecule has 8 heteroatoms. The van der Waals surface area contributed by atoms with E-state index in [1.807, 2.05) is 36.7 Å². The summed E-state index contributed by atoms with van der Waals surface area (Å²) in [5, 5.41) is 13.3. The number of pyridine rings is 1. The summed E-state index contributed by atoms with van der Waals surface area (Å²) in [6, 6.07) is 11.2. The smallest absolute Gasteiger partial charge is 0.264 e. The van der Waals surface area contributed by atoms with Gasteiger partial charge in [-0.1, -0.05) is 6.07 Å². The zero-order valence-corrected chi connectivity index (χ0v) is 16.2. The van der Waals surface area contributed by atoms with Gasteiger partial charge < -0.3 is 4.57 Å². The average Bonchev–Trinajstić information content (AvgIpc) is 3.24. The lowest BCUT2D eigenvalue weighted by Gasteiger charge is -2.10. The van der Waals surface area contributed by atoms with Crippen LogP contribution in [0.3, 0.4) is 0 Å². The molecule has 0 unspecified atom stereocenters. The number of halogens is 2. The summed E-state index contributed by atoms with van der Waals surface area (Å²) in [6.07, 6.45) is 3.09. The van der Waals surface area contributed by atoms with Crippen LogP contribution >= 0.6 is 0 Å². The van der Waals surface area contributed by atoms with Crippen molar-refractivity contribution < 1.29 is 8.78 Å². The van der Waals surface area contributed by atoms with Crippen molar-refractivity contribution in [2.24, 2.45) is 7.05 Å². The van der Waals surface area contributed by atoms with Crippen LogP contribution in [0.1, 0.15) is 18.4 Å². The fourth-order valence-corrected chi connectivity index (χ4v) is 3.32. The van der Waals surface area contributed by atoms with Gasteiger partial charge in [-0.15, -0.1) is 0 Å². The molecular weight excluding hydrogens is 374 g/mol. The summed E-state index contributed by atoms with van der Waals surface area (Å²) in [6.45, 7) is 2.27. The Kier molecular flexibility index (Phi) is 4.38. The fraction of sp³-hybridized carbons (Fsp3) is 0.238. The molecule has 3 heterocycles. The Hall–Kier alpha value is -3.60. The summed E-state index contributed by atoms with van der Waals surface area (Å²) < 4.78 is 29.9. The zero-order chi connectivity index (χ0) is 20.8. The first-order chi connectivity index (χ1) is 13.7. The molecule has 0 N–H and O–H groups in total. The number of alkyl halides is 2. The highest BCUT2D eigenvalue weighted by molar-refractivity contribution is 5.87. The first-order valence-electron chi connectivity index (χ1n) is 9.00. The third kappa shape index (κ3) is 3.59. The SMILES string of the molecule is Cc1nc2cc(-c3nc(C#N)ccc3-c3cnn(CC(C)(F)F)c3)ccc2n1C. The van der Waals surface area contributed by atoms with Crippen molar-refractivity contribution in [3.05, 3.63) is 54.2 Å². The minimum atomic E-state index is -2.86. The second kappa shape index (κ2) is 6.78.